The molecular formula is C10H9BrOS. The van der Waals surface area contributed by atoms with Gasteiger partial charge in [0, 0.05) is 5.56 Å². The SMILES string of the molecule is COc1cc(C#CCS)ccc1Br. The Balaban J connectivity index is 2.99. The molecule has 0 heterocycles. The molecule has 68 valence electrons. The van der Waals surface area contributed by atoms with Crippen molar-refractivity contribution in [1.82, 2.24) is 0 Å². The Hall–Kier alpha value is -0.590. The van der Waals surface area contributed by atoms with Crippen LogP contribution in [0.25, 0.3) is 0 Å². The van der Waals surface area contributed by atoms with E-state index in [2.05, 4.69) is 40.4 Å². The van der Waals surface area contributed by atoms with Crippen LogP contribution in [0.5, 0.6) is 5.75 Å². The fraction of sp³-hybridized carbons (Fsp3) is 0.200. The lowest BCUT2D eigenvalue weighted by Gasteiger charge is -2.02. The number of halogens is 1. The van der Waals surface area contributed by atoms with Crippen LogP contribution < -0.4 is 4.74 Å². The fourth-order valence-electron chi connectivity index (χ4n) is 0.879. The molecule has 0 bridgehead atoms. The lowest BCUT2D eigenvalue weighted by atomic mass is 10.2. The molecule has 0 aliphatic rings. The first-order valence-electron chi connectivity index (χ1n) is 3.71. The fourth-order valence-corrected chi connectivity index (χ4v) is 1.37. The number of methoxy groups -OCH3 is 1. The molecule has 0 aliphatic carbocycles. The smallest absolute Gasteiger partial charge is 0.134 e. The van der Waals surface area contributed by atoms with Gasteiger partial charge in [-0.3, -0.25) is 0 Å². The van der Waals surface area contributed by atoms with Gasteiger partial charge in [-0.2, -0.15) is 12.6 Å². The molecule has 1 aromatic carbocycles. The molecule has 13 heavy (non-hydrogen) atoms. The average molecular weight is 257 g/mol. The van der Waals surface area contributed by atoms with Gasteiger partial charge in [0.1, 0.15) is 5.75 Å². The van der Waals surface area contributed by atoms with Gasteiger partial charge >= 0.3 is 0 Å². The van der Waals surface area contributed by atoms with Crippen molar-refractivity contribution in [2.24, 2.45) is 0 Å². The standard InChI is InChI=1S/C10H9BrOS/c1-12-10-7-8(3-2-6-13)4-5-9(10)11/h4-5,7,13H,6H2,1H3. The third kappa shape index (κ3) is 2.98. The Labute approximate surface area is 92.0 Å². The number of rotatable bonds is 1. The highest BCUT2D eigenvalue weighted by Gasteiger charge is 1.98. The van der Waals surface area contributed by atoms with E-state index >= 15 is 0 Å². The quantitative estimate of drug-likeness (QED) is 0.601. The van der Waals surface area contributed by atoms with Crippen molar-refractivity contribution >= 4 is 28.6 Å². The topological polar surface area (TPSA) is 9.23 Å². The summed E-state index contributed by atoms with van der Waals surface area (Å²) >= 11 is 7.38. The molecule has 0 N–H and O–H groups in total. The Bertz CT molecular complexity index is 352. The molecule has 0 aromatic heterocycles. The Morgan fingerprint density at radius 3 is 2.92 bits per heavy atom. The summed E-state index contributed by atoms with van der Waals surface area (Å²) < 4.78 is 6.07. The molecule has 0 saturated carbocycles. The number of hydrogen-bond acceptors (Lipinski definition) is 2. The third-order valence-electron chi connectivity index (χ3n) is 1.46. The van der Waals surface area contributed by atoms with Crippen molar-refractivity contribution in [3.63, 3.8) is 0 Å². The lowest BCUT2D eigenvalue weighted by Crippen LogP contribution is -1.85. The summed E-state index contributed by atoms with van der Waals surface area (Å²) in [6, 6.07) is 5.74. The predicted molar refractivity (Wildman–Crippen MR) is 61.4 cm³/mol. The minimum Gasteiger partial charge on any atom is -0.496 e. The average Bonchev–Trinajstić information content (AvgIpc) is 2.16. The Morgan fingerprint density at radius 1 is 1.54 bits per heavy atom. The summed E-state index contributed by atoms with van der Waals surface area (Å²) in [5.41, 5.74) is 0.939. The van der Waals surface area contributed by atoms with Gasteiger partial charge < -0.3 is 4.74 Å². The van der Waals surface area contributed by atoms with E-state index in [0.29, 0.717) is 5.75 Å². The molecule has 1 nitrogen and oxygen atoms in total. The Morgan fingerprint density at radius 2 is 2.31 bits per heavy atom. The minimum atomic E-state index is 0.568. The van der Waals surface area contributed by atoms with Crippen molar-refractivity contribution < 1.29 is 4.74 Å². The monoisotopic (exact) mass is 256 g/mol. The zero-order chi connectivity index (χ0) is 9.68. The van der Waals surface area contributed by atoms with Crippen LogP contribution >= 0.6 is 28.6 Å². The van der Waals surface area contributed by atoms with Crippen LogP contribution in [0.2, 0.25) is 0 Å². The van der Waals surface area contributed by atoms with Crippen molar-refractivity contribution in [1.29, 1.82) is 0 Å². The molecule has 0 aliphatic heterocycles. The van der Waals surface area contributed by atoms with Crippen LogP contribution in [0.4, 0.5) is 0 Å². The Kier molecular flexibility index (Phi) is 4.20. The van der Waals surface area contributed by atoms with Gasteiger partial charge in [-0.25, -0.2) is 0 Å². The van der Waals surface area contributed by atoms with E-state index in [4.69, 9.17) is 4.74 Å². The molecule has 3 heteroatoms. The van der Waals surface area contributed by atoms with Crippen LogP contribution in [0.1, 0.15) is 5.56 Å². The molecule has 0 unspecified atom stereocenters. The zero-order valence-electron chi connectivity index (χ0n) is 7.17. The molecule has 0 atom stereocenters. The highest BCUT2D eigenvalue weighted by molar-refractivity contribution is 9.10. The maximum Gasteiger partial charge on any atom is 0.134 e. The zero-order valence-corrected chi connectivity index (χ0v) is 9.65. The van der Waals surface area contributed by atoms with E-state index in [1.165, 1.54) is 0 Å². The number of ether oxygens (including phenoxy) is 1. The highest BCUT2D eigenvalue weighted by Crippen LogP contribution is 2.25. The van der Waals surface area contributed by atoms with Gasteiger partial charge in [0.15, 0.2) is 0 Å². The van der Waals surface area contributed by atoms with E-state index in [0.717, 1.165) is 15.8 Å². The van der Waals surface area contributed by atoms with Gasteiger partial charge in [-0.05, 0) is 34.1 Å². The van der Waals surface area contributed by atoms with Crippen LogP contribution in [0, 0.1) is 11.8 Å². The van der Waals surface area contributed by atoms with E-state index in [9.17, 15) is 0 Å². The summed E-state index contributed by atoms with van der Waals surface area (Å²) in [4.78, 5) is 0. The van der Waals surface area contributed by atoms with Crippen LogP contribution in [0.15, 0.2) is 22.7 Å². The second kappa shape index (κ2) is 5.21. The van der Waals surface area contributed by atoms with E-state index in [-0.39, 0.29) is 0 Å². The molecule has 0 saturated heterocycles. The first kappa shape index (κ1) is 10.5. The second-order valence-electron chi connectivity index (χ2n) is 2.31. The van der Waals surface area contributed by atoms with Gasteiger partial charge in [0.25, 0.3) is 0 Å². The van der Waals surface area contributed by atoms with Crippen LogP contribution in [0.3, 0.4) is 0 Å². The number of hydrogen-bond donors (Lipinski definition) is 1. The second-order valence-corrected chi connectivity index (χ2v) is 3.48. The first-order chi connectivity index (χ1) is 6.27. The molecule has 1 aromatic rings. The minimum absolute atomic E-state index is 0.568. The van der Waals surface area contributed by atoms with E-state index < -0.39 is 0 Å². The van der Waals surface area contributed by atoms with Crippen molar-refractivity contribution in [2.45, 2.75) is 0 Å². The molecule has 0 fully saturated rings. The van der Waals surface area contributed by atoms with Crippen LogP contribution in [-0.4, -0.2) is 12.9 Å². The highest BCUT2D eigenvalue weighted by atomic mass is 79.9. The maximum absolute atomic E-state index is 5.13. The van der Waals surface area contributed by atoms with E-state index in [1.54, 1.807) is 7.11 Å². The number of thiol groups is 1. The summed E-state index contributed by atoms with van der Waals surface area (Å²) in [5.74, 6) is 7.21. The summed E-state index contributed by atoms with van der Waals surface area (Å²) in [6.45, 7) is 0. The lowest BCUT2D eigenvalue weighted by molar-refractivity contribution is 0.412. The predicted octanol–water partition coefficient (Wildman–Crippen LogP) is 2.74. The van der Waals surface area contributed by atoms with Crippen molar-refractivity contribution in [3.8, 4) is 17.6 Å². The molecule has 0 radical (unpaired) electrons. The summed E-state index contributed by atoms with van der Waals surface area (Å²) in [6.07, 6.45) is 0. The molecule has 0 amide bonds. The van der Waals surface area contributed by atoms with Crippen molar-refractivity contribution in [2.75, 3.05) is 12.9 Å². The number of benzene rings is 1. The van der Waals surface area contributed by atoms with Crippen LogP contribution in [-0.2, 0) is 0 Å². The molecule has 0 spiro atoms. The first-order valence-corrected chi connectivity index (χ1v) is 5.13. The van der Waals surface area contributed by atoms with Gasteiger partial charge in [-0.15, -0.1) is 0 Å². The van der Waals surface area contributed by atoms with Gasteiger partial charge in [-0.1, -0.05) is 11.8 Å². The molecule has 1 rings (SSSR count). The normalized spacial score (nSPS) is 8.85. The summed E-state index contributed by atoms with van der Waals surface area (Å²) in [7, 11) is 1.63. The van der Waals surface area contributed by atoms with Gasteiger partial charge in [0.05, 0.1) is 17.3 Å². The summed E-state index contributed by atoms with van der Waals surface area (Å²) in [5, 5.41) is 0. The van der Waals surface area contributed by atoms with Crippen molar-refractivity contribution in [3.05, 3.63) is 28.2 Å². The van der Waals surface area contributed by atoms with E-state index in [1.807, 2.05) is 18.2 Å². The largest absolute Gasteiger partial charge is 0.496 e. The maximum atomic E-state index is 5.13. The third-order valence-corrected chi connectivity index (χ3v) is 2.28. The van der Waals surface area contributed by atoms with Gasteiger partial charge in [0.2, 0.25) is 0 Å². The molecular weight excluding hydrogens is 248 g/mol.